The molecule has 0 saturated carbocycles. The van der Waals surface area contributed by atoms with Gasteiger partial charge in [0, 0.05) is 23.3 Å². The van der Waals surface area contributed by atoms with Crippen LogP contribution >= 0.6 is 11.8 Å². The van der Waals surface area contributed by atoms with Crippen molar-refractivity contribution in [3.05, 3.63) is 23.8 Å². The minimum absolute atomic E-state index is 0.527. The Morgan fingerprint density at radius 1 is 1.38 bits per heavy atom. The summed E-state index contributed by atoms with van der Waals surface area (Å²) in [6.07, 6.45) is -0.527. The quantitative estimate of drug-likeness (QED) is 0.614. The van der Waals surface area contributed by atoms with Crippen molar-refractivity contribution >= 4 is 11.8 Å². The van der Waals surface area contributed by atoms with Gasteiger partial charge in [0.05, 0.1) is 19.8 Å². The van der Waals surface area contributed by atoms with Crippen LogP contribution in [0, 0.1) is 0 Å². The zero-order valence-electron chi connectivity index (χ0n) is 9.90. The van der Waals surface area contributed by atoms with E-state index in [0.717, 1.165) is 22.0 Å². The number of ether oxygens (including phenoxy) is 2. The van der Waals surface area contributed by atoms with E-state index in [0.29, 0.717) is 6.61 Å². The van der Waals surface area contributed by atoms with Gasteiger partial charge in [0.25, 0.3) is 0 Å². The first kappa shape index (κ1) is 13.4. The highest BCUT2D eigenvalue weighted by molar-refractivity contribution is 7.99. The molecule has 0 aliphatic heterocycles. The second-order valence-electron chi connectivity index (χ2n) is 3.39. The lowest BCUT2D eigenvalue weighted by molar-refractivity contribution is 0.191. The summed E-state index contributed by atoms with van der Waals surface area (Å²) in [7, 11) is 3.30. The van der Waals surface area contributed by atoms with E-state index in [1.165, 1.54) is 0 Å². The molecule has 0 bridgehead atoms. The van der Waals surface area contributed by atoms with E-state index in [4.69, 9.17) is 9.47 Å². The third-order valence-electron chi connectivity index (χ3n) is 2.21. The predicted molar refractivity (Wildman–Crippen MR) is 66.2 cm³/mol. The van der Waals surface area contributed by atoms with E-state index < -0.39 is 6.10 Å². The van der Waals surface area contributed by atoms with Crippen molar-refractivity contribution in [2.45, 2.75) is 17.9 Å². The maximum Gasteiger partial charge on any atom is 0.125 e. The molecule has 16 heavy (non-hydrogen) atoms. The second-order valence-corrected chi connectivity index (χ2v) is 4.53. The standard InChI is InChI=1S/C12H18O3S/c1-9(13)12-10(15-3)5-4-6-11(12)16-8-7-14-2/h4-6,9,13H,7-8H2,1-3H3/t9-/m0/s1. The van der Waals surface area contributed by atoms with Crippen LogP contribution in [0.4, 0.5) is 0 Å². The summed E-state index contributed by atoms with van der Waals surface area (Å²) in [5, 5.41) is 9.75. The average Bonchev–Trinajstić information content (AvgIpc) is 2.28. The van der Waals surface area contributed by atoms with Crippen molar-refractivity contribution < 1.29 is 14.6 Å². The van der Waals surface area contributed by atoms with Crippen LogP contribution in [-0.4, -0.2) is 31.7 Å². The molecule has 3 nitrogen and oxygen atoms in total. The van der Waals surface area contributed by atoms with Gasteiger partial charge in [0.1, 0.15) is 5.75 Å². The van der Waals surface area contributed by atoms with E-state index >= 15 is 0 Å². The SMILES string of the molecule is COCCSc1cccc(OC)c1[C@H](C)O. The summed E-state index contributed by atoms with van der Waals surface area (Å²) < 4.78 is 10.3. The number of thioether (sulfide) groups is 1. The molecule has 0 saturated heterocycles. The minimum atomic E-state index is -0.527. The highest BCUT2D eigenvalue weighted by Crippen LogP contribution is 2.34. The maximum atomic E-state index is 9.75. The topological polar surface area (TPSA) is 38.7 Å². The highest BCUT2D eigenvalue weighted by Gasteiger charge is 2.13. The first-order chi connectivity index (χ1) is 7.70. The van der Waals surface area contributed by atoms with Crippen LogP contribution in [0.15, 0.2) is 23.1 Å². The predicted octanol–water partition coefficient (Wildman–Crippen LogP) is 2.49. The number of aliphatic hydroxyl groups excluding tert-OH is 1. The average molecular weight is 242 g/mol. The Morgan fingerprint density at radius 3 is 2.69 bits per heavy atom. The molecule has 4 heteroatoms. The molecule has 1 N–H and O–H groups in total. The van der Waals surface area contributed by atoms with Crippen molar-refractivity contribution in [2.24, 2.45) is 0 Å². The Kier molecular flexibility index (Phi) is 5.66. The van der Waals surface area contributed by atoms with Crippen LogP contribution < -0.4 is 4.74 Å². The lowest BCUT2D eigenvalue weighted by Gasteiger charge is -2.15. The van der Waals surface area contributed by atoms with E-state index in [-0.39, 0.29) is 0 Å². The molecule has 1 aromatic rings. The first-order valence-corrected chi connectivity index (χ1v) is 6.16. The fourth-order valence-electron chi connectivity index (χ4n) is 1.47. The molecule has 0 aliphatic rings. The van der Waals surface area contributed by atoms with Gasteiger partial charge in [-0.05, 0) is 19.1 Å². The Labute approximate surface area is 101 Å². The highest BCUT2D eigenvalue weighted by atomic mass is 32.2. The van der Waals surface area contributed by atoms with E-state index in [9.17, 15) is 5.11 Å². The Morgan fingerprint density at radius 2 is 2.12 bits per heavy atom. The van der Waals surface area contributed by atoms with Crippen LogP contribution in [0.25, 0.3) is 0 Å². The van der Waals surface area contributed by atoms with Gasteiger partial charge in [-0.25, -0.2) is 0 Å². The Balaban J connectivity index is 2.89. The van der Waals surface area contributed by atoms with Crippen molar-refractivity contribution in [3.8, 4) is 5.75 Å². The van der Waals surface area contributed by atoms with Crippen LogP contribution in [-0.2, 0) is 4.74 Å². The van der Waals surface area contributed by atoms with Crippen LogP contribution in [0.1, 0.15) is 18.6 Å². The van der Waals surface area contributed by atoms with E-state index in [2.05, 4.69) is 0 Å². The fourth-order valence-corrected chi connectivity index (χ4v) is 2.55. The molecule has 0 amide bonds. The smallest absolute Gasteiger partial charge is 0.125 e. The monoisotopic (exact) mass is 242 g/mol. The molecule has 0 fully saturated rings. The van der Waals surface area contributed by atoms with Crippen LogP contribution in [0.5, 0.6) is 5.75 Å². The molecule has 0 heterocycles. The molecule has 0 radical (unpaired) electrons. The lowest BCUT2D eigenvalue weighted by Crippen LogP contribution is -2.00. The first-order valence-electron chi connectivity index (χ1n) is 5.17. The van der Waals surface area contributed by atoms with Crippen LogP contribution in [0.3, 0.4) is 0 Å². The van der Waals surface area contributed by atoms with Gasteiger partial charge in [0.2, 0.25) is 0 Å². The molecule has 1 aromatic carbocycles. The maximum absolute atomic E-state index is 9.75. The molecule has 1 rings (SSSR count). The van der Waals surface area contributed by atoms with Crippen LogP contribution in [0.2, 0.25) is 0 Å². The number of rotatable bonds is 6. The van der Waals surface area contributed by atoms with Gasteiger partial charge in [-0.15, -0.1) is 11.8 Å². The molecule has 0 spiro atoms. The summed E-state index contributed by atoms with van der Waals surface area (Å²) in [5.74, 6) is 1.60. The zero-order valence-corrected chi connectivity index (χ0v) is 10.7. The summed E-state index contributed by atoms with van der Waals surface area (Å²) in [6, 6.07) is 5.78. The molecular weight excluding hydrogens is 224 g/mol. The van der Waals surface area contributed by atoms with Crippen molar-refractivity contribution in [3.63, 3.8) is 0 Å². The summed E-state index contributed by atoms with van der Waals surface area (Å²) in [5.41, 5.74) is 0.853. The molecule has 0 aromatic heterocycles. The van der Waals surface area contributed by atoms with Gasteiger partial charge in [-0.2, -0.15) is 0 Å². The van der Waals surface area contributed by atoms with E-state index in [1.54, 1.807) is 32.9 Å². The molecule has 1 atom stereocenters. The van der Waals surface area contributed by atoms with Crippen molar-refractivity contribution in [1.29, 1.82) is 0 Å². The molecular formula is C12H18O3S. The van der Waals surface area contributed by atoms with Gasteiger partial charge >= 0.3 is 0 Å². The molecule has 90 valence electrons. The van der Waals surface area contributed by atoms with Gasteiger partial charge in [-0.1, -0.05) is 6.07 Å². The van der Waals surface area contributed by atoms with Gasteiger partial charge in [0.15, 0.2) is 0 Å². The minimum Gasteiger partial charge on any atom is -0.496 e. The van der Waals surface area contributed by atoms with Gasteiger partial charge < -0.3 is 14.6 Å². The van der Waals surface area contributed by atoms with Gasteiger partial charge in [-0.3, -0.25) is 0 Å². The third kappa shape index (κ3) is 3.40. The summed E-state index contributed by atoms with van der Waals surface area (Å²) in [6.45, 7) is 2.44. The fraction of sp³-hybridized carbons (Fsp3) is 0.500. The largest absolute Gasteiger partial charge is 0.496 e. The van der Waals surface area contributed by atoms with Crippen molar-refractivity contribution in [1.82, 2.24) is 0 Å². The van der Waals surface area contributed by atoms with E-state index in [1.807, 2.05) is 18.2 Å². The summed E-state index contributed by atoms with van der Waals surface area (Å²) in [4.78, 5) is 1.05. The molecule has 0 unspecified atom stereocenters. The molecule has 0 aliphatic carbocycles. The number of hydrogen-bond acceptors (Lipinski definition) is 4. The number of benzene rings is 1. The Bertz CT molecular complexity index is 326. The number of aliphatic hydroxyl groups is 1. The number of methoxy groups -OCH3 is 2. The third-order valence-corrected chi connectivity index (χ3v) is 3.25. The lowest BCUT2D eigenvalue weighted by atomic mass is 10.1. The van der Waals surface area contributed by atoms with Crippen molar-refractivity contribution in [2.75, 3.05) is 26.6 Å². The second kappa shape index (κ2) is 6.78. The Hall–Kier alpha value is -0.710. The number of hydrogen-bond donors (Lipinski definition) is 1. The zero-order chi connectivity index (χ0) is 12.0. The summed E-state index contributed by atoms with van der Waals surface area (Å²) >= 11 is 1.66. The normalized spacial score (nSPS) is 12.5.